The summed E-state index contributed by atoms with van der Waals surface area (Å²) in [5.74, 6) is -0.0566. The smallest absolute Gasteiger partial charge is 0.239 e. The molecule has 0 aliphatic rings. The van der Waals surface area contributed by atoms with E-state index in [9.17, 15) is 4.79 Å². The first-order valence-electron chi connectivity index (χ1n) is 8.27. The van der Waals surface area contributed by atoms with Gasteiger partial charge in [-0.3, -0.25) is 10.1 Å². The molecular formula is C18H20N4OS2. The molecule has 1 unspecified atom stereocenters. The number of anilines is 1. The van der Waals surface area contributed by atoms with E-state index in [1.165, 1.54) is 28.7 Å². The van der Waals surface area contributed by atoms with E-state index in [0.29, 0.717) is 11.6 Å². The molecule has 25 heavy (non-hydrogen) atoms. The fraction of sp³-hybridized carbons (Fsp3) is 0.333. The number of nitrogens with zero attached hydrogens (tertiary/aromatic N) is 3. The van der Waals surface area contributed by atoms with Crippen LogP contribution in [-0.4, -0.2) is 26.3 Å². The number of benzene rings is 1. The number of carbonyl (C=O) groups excluding carboxylic acids is 1. The van der Waals surface area contributed by atoms with Crippen LogP contribution < -0.4 is 5.32 Å². The molecule has 0 spiro atoms. The van der Waals surface area contributed by atoms with Crippen molar-refractivity contribution in [2.75, 3.05) is 5.32 Å². The van der Waals surface area contributed by atoms with Crippen molar-refractivity contribution in [2.45, 2.75) is 43.9 Å². The van der Waals surface area contributed by atoms with Gasteiger partial charge in [-0.1, -0.05) is 55.1 Å². The van der Waals surface area contributed by atoms with Gasteiger partial charge in [0.15, 0.2) is 0 Å². The second-order valence-corrected chi connectivity index (χ2v) is 7.94. The minimum absolute atomic E-state index is 0.0566. The summed E-state index contributed by atoms with van der Waals surface area (Å²) in [6.07, 6.45) is 1.53. The van der Waals surface area contributed by atoms with E-state index in [0.717, 1.165) is 27.4 Å². The number of carbonyl (C=O) groups is 1. The number of nitrogens with one attached hydrogen (secondary N) is 1. The summed E-state index contributed by atoms with van der Waals surface area (Å²) in [5.41, 5.74) is 2.12. The van der Waals surface area contributed by atoms with E-state index in [1.807, 2.05) is 38.1 Å². The Morgan fingerprint density at radius 3 is 2.80 bits per heavy atom. The average Bonchev–Trinajstić information content (AvgIpc) is 3.07. The number of thioether (sulfide) groups is 1. The van der Waals surface area contributed by atoms with Gasteiger partial charge < -0.3 is 0 Å². The number of aromatic nitrogens is 3. The highest BCUT2D eigenvalue weighted by atomic mass is 32.2. The van der Waals surface area contributed by atoms with Gasteiger partial charge in [0.2, 0.25) is 11.0 Å². The fourth-order valence-electron chi connectivity index (χ4n) is 2.48. The lowest BCUT2D eigenvalue weighted by Crippen LogP contribution is -2.24. The molecule has 0 saturated heterocycles. The number of fused-ring (bicyclic) bond motifs is 1. The van der Waals surface area contributed by atoms with Crippen LogP contribution in [0.1, 0.15) is 30.8 Å². The molecule has 0 aliphatic carbocycles. The molecular weight excluding hydrogens is 352 g/mol. The van der Waals surface area contributed by atoms with Crippen LogP contribution in [0.5, 0.6) is 0 Å². The molecule has 1 N–H and O–H groups in total. The molecule has 0 saturated carbocycles. The largest absolute Gasteiger partial charge is 0.300 e. The zero-order valence-corrected chi connectivity index (χ0v) is 16.1. The van der Waals surface area contributed by atoms with E-state index in [1.54, 1.807) is 0 Å². The third kappa shape index (κ3) is 4.16. The molecule has 0 radical (unpaired) electrons. The molecule has 7 heteroatoms. The second-order valence-electron chi connectivity index (χ2n) is 5.65. The SMILES string of the molecule is CCc1nnc(NC(=O)C(CC)Sc2cc(C)c3ccccc3n2)s1. The summed E-state index contributed by atoms with van der Waals surface area (Å²) in [6, 6.07) is 10.1. The molecule has 2 heterocycles. The van der Waals surface area contributed by atoms with Crippen molar-refractivity contribution in [1.29, 1.82) is 0 Å². The van der Waals surface area contributed by atoms with Crippen molar-refractivity contribution in [1.82, 2.24) is 15.2 Å². The van der Waals surface area contributed by atoms with Crippen molar-refractivity contribution in [3.8, 4) is 0 Å². The number of para-hydroxylation sites is 1. The van der Waals surface area contributed by atoms with Crippen LogP contribution in [0, 0.1) is 6.92 Å². The Balaban J connectivity index is 1.76. The summed E-state index contributed by atoms with van der Waals surface area (Å²) in [7, 11) is 0. The Labute approximate surface area is 155 Å². The highest BCUT2D eigenvalue weighted by Crippen LogP contribution is 2.29. The lowest BCUT2D eigenvalue weighted by Gasteiger charge is -2.14. The molecule has 2 aromatic heterocycles. The maximum absolute atomic E-state index is 12.6. The third-order valence-electron chi connectivity index (χ3n) is 3.83. The van der Waals surface area contributed by atoms with Gasteiger partial charge in [0.05, 0.1) is 15.8 Å². The van der Waals surface area contributed by atoms with Crippen molar-refractivity contribution in [3.63, 3.8) is 0 Å². The van der Waals surface area contributed by atoms with Gasteiger partial charge in [-0.05, 0) is 37.5 Å². The summed E-state index contributed by atoms with van der Waals surface area (Å²) >= 11 is 2.91. The highest BCUT2D eigenvalue weighted by molar-refractivity contribution is 8.00. The number of rotatable bonds is 6. The molecule has 3 rings (SSSR count). The van der Waals surface area contributed by atoms with Gasteiger partial charge in [-0.25, -0.2) is 4.98 Å². The summed E-state index contributed by atoms with van der Waals surface area (Å²) < 4.78 is 0. The van der Waals surface area contributed by atoms with E-state index in [2.05, 4.69) is 33.5 Å². The van der Waals surface area contributed by atoms with Gasteiger partial charge in [0.25, 0.3) is 0 Å². The van der Waals surface area contributed by atoms with Crippen molar-refractivity contribution in [2.24, 2.45) is 0 Å². The molecule has 1 atom stereocenters. The van der Waals surface area contributed by atoms with E-state index >= 15 is 0 Å². The van der Waals surface area contributed by atoms with Crippen molar-refractivity contribution < 1.29 is 4.79 Å². The predicted octanol–water partition coefficient (Wildman–Crippen LogP) is 4.47. The topological polar surface area (TPSA) is 67.8 Å². The van der Waals surface area contributed by atoms with E-state index < -0.39 is 0 Å². The molecule has 0 aliphatic heterocycles. The summed E-state index contributed by atoms with van der Waals surface area (Å²) in [5, 5.41) is 14.2. The average molecular weight is 373 g/mol. The zero-order valence-electron chi connectivity index (χ0n) is 14.4. The van der Waals surface area contributed by atoms with Gasteiger partial charge in [0, 0.05) is 5.39 Å². The lowest BCUT2D eigenvalue weighted by atomic mass is 10.1. The van der Waals surface area contributed by atoms with Crippen molar-refractivity contribution in [3.05, 3.63) is 40.9 Å². The van der Waals surface area contributed by atoms with Crippen LogP contribution >= 0.6 is 23.1 Å². The Morgan fingerprint density at radius 2 is 2.08 bits per heavy atom. The number of amides is 1. The molecule has 1 aromatic carbocycles. The zero-order chi connectivity index (χ0) is 17.8. The Morgan fingerprint density at radius 1 is 1.28 bits per heavy atom. The lowest BCUT2D eigenvalue weighted by molar-refractivity contribution is -0.115. The van der Waals surface area contributed by atoms with Gasteiger partial charge in [0.1, 0.15) is 5.01 Å². The van der Waals surface area contributed by atoms with Gasteiger partial charge in [-0.2, -0.15) is 0 Å². The quantitative estimate of drug-likeness (QED) is 0.647. The number of hydrogen-bond donors (Lipinski definition) is 1. The van der Waals surface area contributed by atoms with E-state index in [4.69, 9.17) is 0 Å². The molecule has 3 aromatic rings. The predicted molar refractivity (Wildman–Crippen MR) is 104 cm³/mol. The standard InChI is InChI=1S/C18H20N4OS2/c1-4-14(17(23)20-18-22-21-15(5-2)25-18)24-16-10-11(3)12-8-6-7-9-13(12)19-16/h6-10,14H,4-5H2,1-3H3,(H,20,22,23). The Bertz CT molecular complexity index is 894. The first-order chi connectivity index (χ1) is 12.1. The summed E-state index contributed by atoms with van der Waals surface area (Å²) in [4.78, 5) is 17.3. The fourth-order valence-corrected chi connectivity index (χ4v) is 4.18. The number of pyridine rings is 1. The van der Waals surface area contributed by atoms with Crippen LogP contribution in [-0.2, 0) is 11.2 Å². The number of aryl methyl sites for hydroxylation is 2. The first-order valence-corrected chi connectivity index (χ1v) is 9.96. The molecule has 5 nitrogen and oxygen atoms in total. The van der Waals surface area contributed by atoms with Crippen LogP contribution in [0.4, 0.5) is 5.13 Å². The minimum Gasteiger partial charge on any atom is -0.300 e. The molecule has 0 fully saturated rings. The third-order valence-corrected chi connectivity index (χ3v) is 6.09. The number of hydrogen-bond acceptors (Lipinski definition) is 6. The first kappa shape index (κ1) is 17.8. The van der Waals surface area contributed by atoms with E-state index in [-0.39, 0.29) is 11.2 Å². The monoisotopic (exact) mass is 372 g/mol. The summed E-state index contributed by atoms with van der Waals surface area (Å²) in [6.45, 7) is 6.09. The van der Waals surface area contributed by atoms with Crippen LogP contribution in [0.25, 0.3) is 10.9 Å². The van der Waals surface area contributed by atoms with Gasteiger partial charge >= 0.3 is 0 Å². The Hall–Kier alpha value is -1.99. The minimum atomic E-state index is -0.220. The Kier molecular flexibility index (Phi) is 5.65. The molecule has 0 bridgehead atoms. The maximum Gasteiger partial charge on any atom is 0.239 e. The normalized spacial score (nSPS) is 12.3. The molecule has 1 amide bonds. The van der Waals surface area contributed by atoms with Crippen molar-refractivity contribution >= 4 is 45.0 Å². The van der Waals surface area contributed by atoms with Crippen LogP contribution in [0.2, 0.25) is 0 Å². The highest BCUT2D eigenvalue weighted by Gasteiger charge is 2.20. The van der Waals surface area contributed by atoms with Crippen LogP contribution in [0.3, 0.4) is 0 Å². The maximum atomic E-state index is 12.6. The second kappa shape index (κ2) is 7.93. The molecule has 130 valence electrons. The van der Waals surface area contributed by atoms with Crippen LogP contribution in [0.15, 0.2) is 35.4 Å². The van der Waals surface area contributed by atoms with Gasteiger partial charge in [-0.15, -0.1) is 10.2 Å².